The van der Waals surface area contributed by atoms with Gasteiger partial charge in [-0.3, -0.25) is 4.79 Å². The Labute approximate surface area is 124 Å². The summed E-state index contributed by atoms with van der Waals surface area (Å²) in [4.78, 5) is 14.2. The largest absolute Gasteiger partial charge is 0.409 e. The maximum absolute atomic E-state index is 12.6. The zero-order valence-electron chi connectivity index (χ0n) is 12.4. The van der Waals surface area contributed by atoms with Gasteiger partial charge < -0.3 is 20.9 Å². The quantitative estimate of drug-likeness (QED) is 0.300. The Hall–Kier alpha value is -2.08. The molecule has 1 aromatic rings. The smallest absolute Gasteiger partial charge is 0.234 e. The number of benzene rings is 1. The highest BCUT2D eigenvalue weighted by Gasteiger charge is 2.29. The molecule has 0 spiro atoms. The summed E-state index contributed by atoms with van der Waals surface area (Å²) in [5.41, 5.74) is 6.62. The van der Waals surface area contributed by atoms with E-state index in [1.807, 2.05) is 44.2 Å². The first-order chi connectivity index (χ1) is 10.0. The van der Waals surface area contributed by atoms with E-state index in [0.29, 0.717) is 6.42 Å². The number of nitrogens with two attached hydrogens (primary N) is 1. The molecule has 116 valence electrons. The maximum Gasteiger partial charge on any atom is 0.234 e. The Kier molecular flexibility index (Phi) is 6.68. The lowest BCUT2D eigenvalue weighted by Gasteiger charge is -2.29. The summed E-state index contributed by atoms with van der Waals surface area (Å²) in [7, 11) is 0. The number of carbonyl (C=O) groups is 1. The number of rotatable bonds is 7. The summed E-state index contributed by atoms with van der Waals surface area (Å²) in [6.45, 7) is 3.82. The SMILES string of the molecule is CC(C)N(CCO)C(=O)C(Cc1ccccc1)C(N)=NO. The van der Waals surface area contributed by atoms with E-state index in [2.05, 4.69) is 5.16 Å². The molecule has 0 saturated carbocycles. The molecular weight excluding hydrogens is 270 g/mol. The lowest BCUT2D eigenvalue weighted by atomic mass is 9.96. The van der Waals surface area contributed by atoms with Gasteiger partial charge in [-0.1, -0.05) is 35.5 Å². The van der Waals surface area contributed by atoms with Gasteiger partial charge in [0.15, 0.2) is 5.84 Å². The molecule has 6 heteroatoms. The first-order valence-electron chi connectivity index (χ1n) is 6.94. The fourth-order valence-electron chi connectivity index (χ4n) is 2.17. The monoisotopic (exact) mass is 293 g/mol. The second-order valence-corrected chi connectivity index (χ2v) is 5.12. The number of oxime groups is 1. The fraction of sp³-hybridized carbons (Fsp3) is 0.467. The second-order valence-electron chi connectivity index (χ2n) is 5.12. The van der Waals surface area contributed by atoms with Crippen molar-refractivity contribution in [1.29, 1.82) is 0 Å². The van der Waals surface area contributed by atoms with Crippen molar-refractivity contribution in [3.05, 3.63) is 35.9 Å². The highest BCUT2D eigenvalue weighted by atomic mass is 16.4. The predicted octanol–water partition coefficient (Wildman–Crippen LogP) is 0.821. The normalized spacial score (nSPS) is 13.2. The minimum Gasteiger partial charge on any atom is -0.409 e. The Balaban J connectivity index is 2.99. The average molecular weight is 293 g/mol. The summed E-state index contributed by atoms with van der Waals surface area (Å²) in [5, 5.41) is 21.0. The van der Waals surface area contributed by atoms with Crippen LogP contribution in [0.4, 0.5) is 0 Å². The molecule has 0 saturated heterocycles. The Morgan fingerprint density at radius 3 is 2.43 bits per heavy atom. The van der Waals surface area contributed by atoms with Gasteiger partial charge in [0.2, 0.25) is 5.91 Å². The topological polar surface area (TPSA) is 99.2 Å². The summed E-state index contributed by atoms with van der Waals surface area (Å²) in [6, 6.07) is 9.33. The lowest BCUT2D eigenvalue weighted by Crippen LogP contribution is -2.47. The standard InChI is InChI=1S/C15H23N3O3/c1-11(2)18(8-9-19)15(20)13(14(16)17-21)10-12-6-4-3-5-7-12/h3-7,11,13,19,21H,8-10H2,1-2H3,(H2,16,17). The zero-order valence-corrected chi connectivity index (χ0v) is 12.4. The van der Waals surface area contributed by atoms with Crippen LogP contribution in [0.25, 0.3) is 0 Å². The van der Waals surface area contributed by atoms with E-state index in [1.165, 1.54) is 4.90 Å². The molecule has 1 aromatic carbocycles. The minimum atomic E-state index is -0.744. The second kappa shape index (κ2) is 8.26. The van der Waals surface area contributed by atoms with Crippen LogP contribution in [0.3, 0.4) is 0 Å². The predicted molar refractivity (Wildman–Crippen MR) is 81.0 cm³/mol. The molecule has 4 N–H and O–H groups in total. The van der Waals surface area contributed by atoms with Crippen LogP contribution in [0.1, 0.15) is 19.4 Å². The van der Waals surface area contributed by atoms with Gasteiger partial charge in [-0.25, -0.2) is 0 Å². The van der Waals surface area contributed by atoms with E-state index < -0.39 is 5.92 Å². The van der Waals surface area contributed by atoms with Crippen LogP contribution in [-0.2, 0) is 11.2 Å². The molecule has 0 heterocycles. The Bertz CT molecular complexity index is 474. The number of carbonyl (C=O) groups excluding carboxylic acids is 1. The van der Waals surface area contributed by atoms with E-state index in [4.69, 9.17) is 16.0 Å². The summed E-state index contributed by atoms with van der Waals surface area (Å²) in [6.07, 6.45) is 0.351. The van der Waals surface area contributed by atoms with Crippen molar-refractivity contribution >= 4 is 11.7 Å². The Morgan fingerprint density at radius 1 is 1.33 bits per heavy atom. The molecule has 0 aliphatic rings. The van der Waals surface area contributed by atoms with Crippen molar-refractivity contribution in [2.45, 2.75) is 26.3 Å². The van der Waals surface area contributed by atoms with Gasteiger partial charge in [0.1, 0.15) is 5.92 Å². The van der Waals surface area contributed by atoms with Crippen molar-refractivity contribution in [1.82, 2.24) is 4.90 Å². The third-order valence-electron chi connectivity index (χ3n) is 3.30. The van der Waals surface area contributed by atoms with Crippen molar-refractivity contribution in [2.24, 2.45) is 16.8 Å². The minimum absolute atomic E-state index is 0.0746. The van der Waals surface area contributed by atoms with Crippen molar-refractivity contribution in [3.63, 3.8) is 0 Å². The molecule has 0 aliphatic heterocycles. The molecule has 0 aliphatic carbocycles. The lowest BCUT2D eigenvalue weighted by molar-refractivity contribution is -0.135. The third-order valence-corrected chi connectivity index (χ3v) is 3.30. The molecule has 0 aromatic heterocycles. The highest BCUT2D eigenvalue weighted by molar-refractivity contribution is 6.02. The third kappa shape index (κ3) is 4.75. The molecule has 0 fully saturated rings. The van der Waals surface area contributed by atoms with Crippen molar-refractivity contribution in [3.8, 4) is 0 Å². The van der Waals surface area contributed by atoms with E-state index in [9.17, 15) is 4.79 Å². The van der Waals surface area contributed by atoms with Crippen LogP contribution in [0.5, 0.6) is 0 Å². The molecule has 1 atom stereocenters. The summed E-state index contributed by atoms with van der Waals surface area (Å²) >= 11 is 0. The van der Waals surface area contributed by atoms with Crippen LogP contribution in [0.2, 0.25) is 0 Å². The molecule has 1 amide bonds. The van der Waals surface area contributed by atoms with Gasteiger partial charge in [-0.2, -0.15) is 0 Å². The molecular formula is C15H23N3O3. The van der Waals surface area contributed by atoms with Crippen LogP contribution >= 0.6 is 0 Å². The molecule has 1 rings (SSSR count). The number of aliphatic hydroxyl groups is 1. The van der Waals surface area contributed by atoms with Crippen molar-refractivity contribution in [2.75, 3.05) is 13.2 Å². The summed E-state index contributed by atoms with van der Waals surface area (Å²) < 4.78 is 0. The van der Waals surface area contributed by atoms with E-state index in [1.54, 1.807) is 0 Å². The van der Waals surface area contributed by atoms with Gasteiger partial charge in [0, 0.05) is 12.6 Å². The van der Waals surface area contributed by atoms with Gasteiger partial charge in [0.05, 0.1) is 6.61 Å². The van der Waals surface area contributed by atoms with Gasteiger partial charge >= 0.3 is 0 Å². The van der Waals surface area contributed by atoms with Crippen LogP contribution < -0.4 is 5.73 Å². The summed E-state index contributed by atoms with van der Waals surface area (Å²) in [5.74, 6) is -1.11. The van der Waals surface area contributed by atoms with Crippen molar-refractivity contribution < 1.29 is 15.1 Å². The van der Waals surface area contributed by atoms with E-state index >= 15 is 0 Å². The number of nitrogens with zero attached hydrogens (tertiary/aromatic N) is 2. The molecule has 0 radical (unpaired) electrons. The van der Waals surface area contributed by atoms with E-state index in [-0.39, 0.29) is 30.9 Å². The molecule has 1 unspecified atom stereocenters. The van der Waals surface area contributed by atoms with Crippen LogP contribution in [-0.4, -0.2) is 46.1 Å². The number of hydrogen-bond acceptors (Lipinski definition) is 4. The van der Waals surface area contributed by atoms with Gasteiger partial charge in [-0.05, 0) is 25.8 Å². The molecule has 6 nitrogen and oxygen atoms in total. The first-order valence-corrected chi connectivity index (χ1v) is 6.94. The molecule has 21 heavy (non-hydrogen) atoms. The number of aliphatic hydroxyl groups excluding tert-OH is 1. The number of amides is 1. The first kappa shape index (κ1) is 17.0. The van der Waals surface area contributed by atoms with Gasteiger partial charge in [-0.15, -0.1) is 0 Å². The Morgan fingerprint density at radius 2 is 1.95 bits per heavy atom. The van der Waals surface area contributed by atoms with Crippen LogP contribution in [0.15, 0.2) is 35.5 Å². The number of hydrogen-bond donors (Lipinski definition) is 3. The fourth-order valence-corrected chi connectivity index (χ4v) is 2.17. The zero-order chi connectivity index (χ0) is 15.8. The van der Waals surface area contributed by atoms with Crippen LogP contribution in [0, 0.1) is 5.92 Å². The molecule has 0 bridgehead atoms. The van der Waals surface area contributed by atoms with E-state index in [0.717, 1.165) is 5.56 Å². The number of amidine groups is 1. The highest BCUT2D eigenvalue weighted by Crippen LogP contribution is 2.14. The maximum atomic E-state index is 12.6. The average Bonchev–Trinajstić information content (AvgIpc) is 2.49. The van der Waals surface area contributed by atoms with Gasteiger partial charge in [0.25, 0.3) is 0 Å².